The van der Waals surface area contributed by atoms with E-state index in [9.17, 15) is 5.11 Å². The Morgan fingerprint density at radius 2 is 1.32 bits per heavy atom. The molecule has 2 aromatic rings. The minimum Gasteiger partial charge on any atom is -0.389 e. The second kappa shape index (κ2) is 6.14. The van der Waals surface area contributed by atoms with E-state index in [0.717, 1.165) is 0 Å². The fourth-order valence-electron chi connectivity index (χ4n) is 1.84. The summed E-state index contributed by atoms with van der Waals surface area (Å²) in [5.41, 5.74) is 0.299. The maximum atomic E-state index is 9.90. The van der Waals surface area contributed by atoms with Crippen LogP contribution in [0.4, 0.5) is 23.5 Å². The van der Waals surface area contributed by atoms with E-state index in [4.69, 9.17) is 0 Å². The number of anilines is 4. The summed E-state index contributed by atoms with van der Waals surface area (Å²) in [4.78, 5) is 17.5. The van der Waals surface area contributed by atoms with Crippen LogP contribution in [0, 0.1) is 0 Å². The van der Waals surface area contributed by atoms with Crippen molar-refractivity contribution in [1.82, 2.24) is 19.9 Å². The lowest BCUT2D eigenvalue weighted by Gasteiger charge is -2.19. The number of rotatable bonds is 6. The summed E-state index contributed by atoms with van der Waals surface area (Å²) in [6.45, 7) is 3.76. The number of aliphatic hydroxyl groups is 1. The summed E-state index contributed by atoms with van der Waals surface area (Å²) in [6, 6.07) is 0. The fourth-order valence-corrected chi connectivity index (χ4v) is 1.84. The molecule has 0 bridgehead atoms. The molecule has 2 rings (SSSR count). The van der Waals surface area contributed by atoms with Gasteiger partial charge in [-0.25, -0.2) is 9.97 Å². The van der Waals surface area contributed by atoms with E-state index in [1.54, 1.807) is 35.0 Å². The van der Waals surface area contributed by atoms with Gasteiger partial charge in [0.1, 0.15) is 11.0 Å². The van der Waals surface area contributed by atoms with E-state index in [1.807, 2.05) is 0 Å². The molecule has 0 saturated carbocycles. The first-order valence-corrected chi connectivity index (χ1v) is 6.97. The molecule has 9 nitrogen and oxygen atoms in total. The maximum Gasteiger partial charge on any atom is 0.225 e. The van der Waals surface area contributed by atoms with E-state index in [1.165, 1.54) is 0 Å². The summed E-state index contributed by atoms with van der Waals surface area (Å²) >= 11 is 0. The van der Waals surface area contributed by atoms with Gasteiger partial charge >= 0.3 is 0 Å². The highest BCUT2D eigenvalue weighted by atomic mass is 16.3. The van der Waals surface area contributed by atoms with Crippen molar-refractivity contribution in [2.24, 2.45) is 0 Å². The molecular weight excluding hydrogens is 284 g/mol. The average Bonchev–Trinajstić information content (AvgIpc) is 2.50. The zero-order chi connectivity index (χ0) is 16.3. The topological polar surface area (TPSA) is 120 Å². The molecule has 2 heterocycles. The molecule has 0 amide bonds. The highest BCUT2D eigenvalue weighted by molar-refractivity contribution is 5.94. The molecule has 0 aliphatic carbocycles. The van der Waals surface area contributed by atoms with Gasteiger partial charge in [-0.2, -0.15) is 9.97 Å². The van der Waals surface area contributed by atoms with Crippen molar-refractivity contribution in [3.8, 4) is 0 Å². The Hall–Kier alpha value is -2.42. The summed E-state index contributed by atoms with van der Waals surface area (Å²) < 4.78 is 0. The van der Waals surface area contributed by atoms with Gasteiger partial charge in [-0.1, -0.05) is 0 Å². The van der Waals surface area contributed by atoms with Gasteiger partial charge in [-0.15, -0.1) is 0 Å². The number of hydrogen-bond donors (Lipinski definition) is 5. The normalized spacial score (nSPS) is 11.4. The first-order chi connectivity index (χ1) is 10.4. The molecule has 9 heteroatoms. The van der Waals surface area contributed by atoms with Crippen molar-refractivity contribution in [2.45, 2.75) is 19.4 Å². The monoisotopic (exact) mass is 306 g/mol. The van der Waals surface area contributed by atoms with Crippen molar-refractivity contribution in [1.29, 1.82) is 0 Å². The van der Waals surface area contributed by atoms with Crippen molar-refractivity contribution in [2.75, 3.05) is 49.0 Å². The molecule has 5 N–H and O–H groups in total. The Morgan fingerprint density at radius 3 is 1.77 bits per heavy atom. The SMILES string of the molecule is CNc1nc(NCC(C)(C)O)c2nc(NC)nc(NC)c2n1. The zero-order valence-corrected chi connectivity index (χ0v) is 13.4. The molecule has 0 atom stereocenters. The molecule has 0 aromatic carbocycles. The van der Waals surface area contributed by atoms with Crippen LogP contribution in [0.15, 0.2) is 0 Å². The number of aromatic nitrogens is 4. The molecule has 0 saturated heterocycles. The van der Waals surface area contributed by atoms with Crippen LogP contribution in [-0.2, 0) is 0 Å². The largest absolute Gasteiger partial charge is 0.389 e. The summed E-state index contributed by atoms with van der Waals surface area (Å²) in [7, 11) is 5.25. The van der Waals surface area contributed by atoms with Crippen LogP contribution in [0.1, 0.15) is 13.8 Å². The average molecular weight is 306 g/mol. The van der Waals surface area contributed by atoms with Crippen molar-refractivity contribution in [3.63, 3.8) is 0 Å². The van der Waals surface area contributed by atoms with E-state index >= 15 is 0 Å². The Bertz CT molecular complexity index is 667. The predicted molar refractivity (Wildman–Crippen MR) is 88.6 cm³/mol. The lowest BCUT2D eigenvalue weighted by atomic mass is 10.1. The van der Waals surface area contributed by atoms with Crippen LogP contribution in [0.25, 0.3) is 11.0 Å². The van der Waals surface area contributed by atoms with Crippen LogP contribution < -0.4 is 21.3 Å². The third kappa shape index (κ3) is 3.42. The third-order valence-electron chi connectivity index (χ3n) is 2.92. The van der Waals surface area contributed by atoms with Crippen LogP contribution in [-0.4, -0.2) is 58.3 Å². The van der Waals surface area contributed by atoms with Gasteiger partial charge in [0.15, 0.2) is 11.6 Å². The van der Waals surface area contributed by atoms with Crippen LogP contribution in [0.2, 0.25) is 0 Å². The molecule has 0 fully saturated rings. The maximum absolute atomic E-state index is 9.90. The predicted octanol–water partition coefficient (Wildman–Crippen LogP) is 0.728. The number of fused-ring (bicyclic) bond motifs is 1. The van der Waals surface area contributed by atoms with Crippen molar-refractivity contribution < 1.29 is 5.11 Å². The lowest BCUT2D eigenvalue weighted by Crippen LogP contribution is -2.29. The van der Waals surface area contributed by atoms with Crippen LogP contribution in [0.3, 0.4) is 0 Å². The van der Waals surface area contributed by atoms with Gasteiger partial charge < -0.3 is 26.4 Å². The standard InChI is InChI=1S/C13H22N8O/c1-13(2,22)6-17-10-8-7(18-12(16-5)21-10)9(14-3)20-11(15-4)19-8/h22H,6H2,1-5H3,(H2,14,15,19,20)(H2,16,17,18,21). The number of hydrogen-bond acceptors (Lipinski definition) is 9. The van der Waals surface area contributed by atoms with E-state index in [2.05, 4.69) is 41.2 Å². The first kappa shape index (κ1) is 16.0. The quantitative estimate of drug-likeness (QED) is 0.526. The Balaban J connectivity index is 2.61. The van der Waals surface area contributed by atoms with Gasteiger partial charge in [0.25, 0.3) is 0 Å². The summed E-state index contributed by atoms with van der Waals surface area (Å²) in [6.07, 6.45) is 0. The Labute approximate surface area is 129 Å². The minimum atomic E-state index is -0.873. The van der Waals surface area contributed by atoms with Gasteiger partial charge in [0, 0.05) is 27.7 Å². The lowest BCUT2D eigenvalue weighted by molar-refractivity contribution is 0.0944. The van der Waals surface area contributed by atoms with E-state index in [-0.39, 0.29) is 0 Å². The minimum absolute atomic E-state index is 0.329. The molecule has 0 spiro atoms. The van der Waals surface area contributed by atoms with Gasteiger partial charge in [-0.05, 0) is 13.8 Å². The summed E-state index contributed by atoms with van der Waals surface area (Å²) in [5.74, 6) is 2.04. The smallest absolute Gasteiger partial charge is 0.225 e. The zero-order valence-electron chi connectivity index (χ0n) is 13.4. The highest BCUT2D eigenvalue weighted by Gasteiger charge is 2.17. The molecule has 0 radical (unpaired) electrons. The fraction of sp³-hybridized carbons (Fsp3) is 0.538. The molecule has 0 aliphatic heterocycles. The first-order valence-electron chi connectivity index (χ1n) is 6.97. The van der Waals surface area contributed by atoms with Gasteiger partial charge in [-0.3, -0.25) is 0 Å². The van der Waals surface area contributed by atoms with E-state index in [0.29, 0.717) is 41.1 Å². The molecule has 0 unspecified atom stereocenters. The second-order valence-corrected chi connectivity index (χ2v) is 5.40. The Morgan fingerprint density at radius 1 is 0.818 bits per heavy atom. The number of nitrogens with one attached hydrogen (secondary N) is 4. The van der Waals surface area contributed by atoms with Gasteiger partial charge in [0.2, 0.25) is 11.9 Å². The molecular formula is C13H22N8O. The van der Waals surface area contributed by atoms with Crippen LogP contribution in [0.5, 0.6) is 0 Å². The summed E-state index contributed by atoms with van der Waals surface area (Å²) in [5, 5.41) is 21.9. The van der Waals surface area contributed by atoms with Gasteiger partial charge in [0.05, 0.1) is 5.60 Å². The molecule has 22 heavy (non-hydrogen) atoms. The van der Waals surface area contributed by atoms with Crippen molar-refractivity contribution >= 4 is 34.6 Å². The van der Waals surface area contributed by atoms with E-state index < -0.39 is 5.60 Å². The third-order valence-corrected chi connectivity index (χ3v) is 2.92. The van der Waals surface area contributed by atoms with Crippen LogP contribution >= 0.6 is 0 Å². The highest BCUT2D eigenvalue weighted by Crippen LogP contribution is 2.26. The molecule has 120 valence electrons. The molecule has 2 aromatic heterocycles. The molecule has 0 aliphatic rings. The Kier molecular flexibility index (Phi) is 4.45. The van der Waals surface area contributed by atoms with Crippen molar-refractivity contribution in [3.05, 3.63) is 0 Å². The second-order valence-electron chi connectivity index (χ2n) is 5.40. The number of nitrogens with zero attached hydrogens (tertiary/aromatic N) is 4.